The molecular weight excluding hydrogens is 230 g/mol. The van der Waals surface area contributed by atoms with E-state index in [4.69, 9.17) is 5.11 Å². The maximum absolute atomic E-state index is 11.8. The third-order valence-corrected chi connectivity index (χ3v) is 3.56. The van der Waals surface area contributed by atoms with Crippen LogP contribution in [0.3, 0.4) is 0 Å². The van der Waals surface area contributed by atoms with Crippen molar-refractivity contribution in [3.63, 3.8) is 0 Å². The first-order chi connectivity index (χ1) is 8.03. The largest absolute Gasteiger partial charge is 0.481 e. The normalized spacial score (nSPS) is 23.3. The van der Waals surface area contributed by atoms with Gasteiger partial charge in [0.15, 0.2) is 0 Å². The van der Waals surface area contributed by atoms with Crippen LogP contribution in [-0.2, 0) is 9.59 Å². The van der Waals surface area contributed by atoms with E-state index in [1.165, 1.54) is 0 Å². The molecule has 1 aliphatic carbocycles. The molecule has 4 nitrogen and oxygen atoms in total. The highest BCUT2D eigenvalue weighted by molar-refractivity contribution is 5.83. The predicted molar refractivity (Wildman–Crippen MR) is 70.1 cm³/mol. The van der Waals surface area contributed by atoms with Crippen molar-refractivity contribution in [2.24, 2.45) is 22.7 Å². The molecule has 0 aromatic heterocycles. The van der Waals surface area contributed by atoms with Crippen LogP contribution in [0.2, 0.25) is 0 Å². The van der Waals surface area contributed by atoms with Crippen LogP contribution in [0.5, 0.6) is 0 Å². The van der Waals surface area contributed by atoms with Crippen molar-refractivity contribution in [2.45, 2.75) is 47.5 Å². The lowest BCUT2D eigenvalue weighted by Crippen LogP contribution is -2.36. The van der Waals surface area contributed by atoms with Crippen molar-refractivity contribution in [1.29, 1.82) is 0 Å². The SMILES string of the molecule is CC(C)(C)CC(CNC(=O)C1CC1(C)C)C(=O)O. The molecule has 18 heavy (non-hydrogen) atoms. The van der Waals surface area contributed by atoms with Crippen LogP contribution >= 0.6 is 0 Å². The number of rotatable bonds is 5. The zero-order valence-electron chi connectivity index (χ0n) is 12.0. The Labute approximate surface area is 109 Å². The van der Waals surface area contributed by atoms with Gasteiger partial charge < -0.3 is 10.4 Å². The highest BCUT2D eigenvalue weighted by atomic mass is 16.4. The van der Waals surface area contributed by atoms with Gasteiger partial charge in [0.2, 0.25) is 5.91 Å². The van der Waals surface area contributed by atoms with Crippen molar-refractivity contribution < 1.29 is 14.7 Å². The van der Waals surface area contributed by atoms with E-state index in [9.17, 15) is 9.59 Å². The summed E-state index contributed by atoms with van der Waals surface area (Å²) in [5.74, 6) is -1.28. The number of carboxylic acid groups (broad SMARTS) is 1. The standard InChI is InChI=1S/C14H25NO3/c1-13(2,3)6-9(12(17)18)8-15-11(16)10-7-14(10,4)5/h9-10H,6-8H2,1-5H3,(H,15,16)(H,17,18). The Bertz CT molecular complexity index is 341. The van der Waals surface area contributed by atoms with Crippen LogP contribution in [0.1, 0.15) is 47.5 Å². The number of hydrogen-bond donors (Lipinski definition) is 2. The van der Waals surface area contributed by atoms with E-state index in [2.05, 4.69) is 19.2 Å². The molecule has 4 heteroatoms. The molecule has 0 bridgehead atoms. The molecule has 0 aromatic rings. The van der Waals surface area contributed by atoms with Crippen molar-refractivity contribution in [2.75, 3.05) is 6.54 Å². The molecule has 104 valence electrons. The van der Waals surface area contributed by atoms with Crippen molar-refractivity contribution in [3.8, 4) is 0 Å². The van der Waals surface area contributed by atoms with Gasteiger partial charge in [0.05, 0.1) is 5.92 Å². The molecule has 0 aromatic carbocycles. The van der Waals surface area contributed by atoms with Gasteiger partial charge in [-0.25, -0.2) is 0 Å². The molecule has 0 saturated heterocycles. The number of amides is 1. The quantitative estimate of drug-likeness (QED) is 0.792. The van der Waals surface area contributed by atoms with Crippen LogP contribution in [0.4, 0.5) is 0 Å². The third-order valence-electron chi connectivity index (χ3n) is 3.56. The summed E-state index contributed by atoms with van der Waals surface area (Å²) in [7, 11) is 0. The Hall–Kier alpha value is -1.06. The van der Waals surface area contributed by atoms with E-state index in [0.29, 0.717) is 6.42 Å². The fraction of sp³-hybridized carbons (Fsp3) is 0.857. The minimum absolute atomic E-state index is 0.000147. The van der Waals surface area contributed by atoms with Crippen molar-refractivity contribution in [3.05, 3.63) is 0 Å². The van der Waals surface area contributed by atoms with Gasteiger partial charge >= 0.3 is 5.97 Å². The smallest absolute Gasteiger partial charge is 0.308 e. The Morgan fingerprint density at radius 2 is 1.89 bits per heavy atom. The summed E-state index contributed by atoms with van der Waals surface area (Å²) >= 11 is 0. The minimum Gasteiger partial charge on any atom is -0.481 e. The summed E-state index contributed by atoms with van der Waals surface area (Å²) < 4.78 is 0. The maximum Gasteiger partial charge on any atom is 0.308 e. The summed E-state index contributed by atoms with van der Waals surface area (Å²) in [6.07, 6.45) is 1.46. The number of aliphatic carboxylic acids is 1. The van der Waals surface area contributed by atoms with Crippen LogP contribution in [-0.4, -0.2) is 23.5 Å². The molecule has 1 saturated carbocycles. The Morgan fingerprint density at radius 3 is 2.22 bits per heavy atom. The lowest BCUT2D eigenvalue weighted by molar-refractivity contribution is -0.142. The van der Waals surface area contributed by atoms with Crippen molar-refractivity contribution >= 4 is 11.9 Å². The average molecular weight is 255 g/mol. The Morgan fingerprint density at radius 1 is 1.39 bits per heavy atom. The highest BCUT2D eigenvalue weighted by Crippen LogP contribution is 2.51. The first-order valence-electron chi connectivity index (χ1n) is 6.53. The molecule has 0 radical (unpaired) electrons. The van der Waals surface area contributed by atoms with E-state index in [1.807, 2.05) is 20.8 Å². The zero-order valence-corrected chi connectivity index (χ0v) is 12.0. The summed E-state index contributed by atoms with van der Waals surface area (Å²) in [5, 5.41) is 11.9. The molecular formula is C14H25NO3. The van der Waals surface area contributed by atoms with E-state index in [1.54, 1.807) is 0 Å². The molecule has 2 N–H and O–H groups in total. The summed E-state index contributed by atoms with van der Waals surface area (Å²) in [6.45, 7) is 10.4. The lowest BCUT2D eigenvalue weighted by Gasteiger charge is -2.23. The van der Waals surface area contributed by atoms with Gasteiger partial charge in [0.25, 0.3) is 0 Å². The second-order valence-corrected chi connectivity index (χ2v) is 7.29. The number of carbonyl (C=O) groups is 2. The predicted octanol–water partition coefficient (Wildman–Crippen LogP) is 2.29. The van der Waals surface area contributed by atoms with Gasteiger partial charge in [-0.3, -0.25) is 9.59 Å². The maximum atomic E-state index is 11.8. The minimum atomic E-state index is -0.833. The van der Waals surface area contributed by atoms with E-state index in [0.717, 1.165) is 6.42 Å². The van der Waals surface area contributed by atoms with Crippen molar-refractivity contribution in [1.82, 2.24) is 5.32 Å². The fourth-order valence-corrected chi connectivity index (χ4v) is 2.25. The van der Waals surface area contributed by atoms with Gasteiger partial charge in [-0.15, -0.1) is 0 Å². The summed E-state index contributed by atoms with van der Waals surface area (Å²) in [4.78, 5) is 23.0. The molecule has 2 unspecified atom stereocenters. The van der Waals surface area contributed by atoms with E-state index in [-0.39, 0.29) is 29.2 Å². The van der Waals surface area contributed by atoms with Gasteiger partial charge in [-0.1, -0.05) is 34.6 Å². The number of carboxylic acids is 1. The number of hydrogen-bond acceptors (Lipinski definition) is 2. The lowest BCUT2D eigenvalue weighted by atomic mass is 9.84. The molecule has 0 aliphatic heterocycles. The molecule has 0 spiro atoms. The fourth-order valence-electron chi connectivity index (χ4n) is 2.25. The highest BCUT2D eigenvalue weighted by Gasteiger charge is 2.50. The van der Waals surface area contributed by atoms with E-state index < -0.39 is 11.9 Å². The summed E-state index contributed by atoms with van der Waals surface area (Å²) in [5.41, 5.74) is 0.0411. The molecule has 2 atom stereocenters. The molecule has 1 amide bonds. The van der Waals surface area contributed by atoms with Crippen LogP contribution in [0.25, 0.3) is 0 Å². The topological polar surface area (TPSA) is 66.4 Å². The van der Waals surface area contributed by atoms with E-state index >= 15 is 0 Å². The average Bonchev–Trinajstić information content (AvgIpc) is 2.80. The third kappa shape index (κ3) is 4.31. The molecule has 1 fully saturated rings. The van der Waals surface area contributed by atoms with Crippen LogP contribution in [0.15, 0.2) is 0 Å². The number of carbonyl (C=O) groups excluding carboxylic acids is 1. The van der Waals surface area contributed by atoms with Crippen LogP contribution in [0, 0.1) is 22.7 Å². The second-order valence-electron chi connectivity index (χ2n) is 7.29. The second kappa shape index (κ2) is 4.90. The monoisotopic (exact) mass is 255 g/mol. The molecule has 1 rings (SSSR count). The van der Waals surface area contributed by atoms with Gasteiger partial charge in [-0.2, -0.15) is 0 Å². The first-order valence-corrected chi connectivity index (χ1v) is 6.53. The Balaban J connectivity index is 2.44. The first kappa shape index (κ1) is 15.0. The summed E-state index contributed by atoms with van der Waals surface area (Å²) in [6, 6.07) is 0. The van der Waals surface area contributed by atoms with Gasteiger partial charge in [0.1, 0.15) is 0 Å². The van der Waals surface area contributed by atoms with Gasteiger partial charge in [0, 0.05) is 12.5 Å². The number of nitrogens with one attached hydrogen (secondary N) is 1. The van der Waals surface area contributed by atoms with Crippen LogP contribution < -0.4 is 5.32 Å². The zero-order chi connectivity index (χ0) is 14.1. The molecule has 0 heterocycles. The van der Waals surface area contributed by atoms with Gasteiger partial charge in [-0.05, 0) is 23.7 Å². The Kier molecular flexibility index (Phi) is 4.08. The molecule has 1 aliphatic rings.